The van der Waals surface area contributed by atoms with Crippen LogP contribution < -0.4 is 15.2 Å². The molecule has 0 radical (unpaired) electrons. The van der Waals surface area contributed by atoms with E-state index in [1.54, 1.807) is 6.07 Å². The number of amides is 1. The fraction of sp³-hybridized carbons (Fsp3) is 0.375. The van der Waals surface area contributed by atoms with E-state index in [1.807, 2.05) is 0 Å². The standard InChI is InChI=1S/C16H21N3O5S/c1-10(2)6-11-7-12(24-19-11)9-18-16(20)14-8-13(25(17,21)22)4-5-15(14)23-3/h4-5,7-8,10H,6,9H2,1-3H3,(H,18,20)(H2,17,21,22). The number of sulfonamides is 1. The molecule has 25 heavy (non-hydrogen) atoms. The Bertz CT molecular complexity index is 858. The van der Waals surface area contributed by atoms with E-state index in [1.165, 1.54) is 25.3 Å². The van der Waals surface area contributed by atoms with Crippen molar-refractivity contribution < 1.29 is 22.5 Å². The maximum atomic E-state index is 12.4. The van der Waals surface area contributed by atoms with Crippen LogP contribution in [0, 0.1) is 5.92 Å². The van der Waals surface area contributed by atoms with Crippen LogP contribution in [0.25, 0.3) is 0 Å². The molecule has 0 saturated carbocycles. The van der Waals surface area contributed by atoms with E-state index >= 15 is 0 Å². The zero-order valence-corrected chi connectivity index (χ0v) is 15.1. The number of aromatic nitrogens is 1. The molecule has 9 heteroatoms. The molecule has 1 aromatic heterocycles. The van der Waals surface area contributed by atoms with Gasteiger partial charge < -0.3 is 14.6 Å². The van der Waals surface area contributed by atoms with Crippen molar-refractivity contribution in [2.45, 2.75) is 31.7 Å². The fourth-order valence-electron chi connectivity index (χ4n) is 2.26. The van der Waals surface area contributed by atoms with E-state index in [4.69, 9.17) is 14.4 Å². The average Bonchev–Trinajstić information content (AvgIpc) is 2.97. The van der Waals surface area contributed by atoms with Crippen LogP contribution in [0.1, 0.15) is 35.7 Å². The number of nitrogens with one attached hydrogen (secondary N) is 1. The summed E-state index contributed by atoms with van der Waals surface area (Å²) in [5.74, 6) is 0.676. The number of benzene rings is 1. The number of primary sulfonamides is 1. The Hall–Kier alpha value is -2.39. The van der Waals surface area contributed by atoms with E-state index < -0.39 is 15.9 Å². The first kappa shape index (κ1) is 18.9. The molecular formula is C16H21N3O5S. The summed E-state index contributed by atoms with van der Waals surface area (Å²) in [6.45, 7) is 4.26. The molecule has 3 N–H and O–H groups in total. The van der Waals surface area contributed by atoms with E-state index in [2.05, 4.69) is 24.3 Å². The summed E-state index contributed by atoms with van der Waals surface area (Å²) in [5.41, 5.74) is 0.879. The first-order valence-corrected chi connectivity index (χ1v) is 9.19. The van der Waals surface area contributed by atoms with Crippen LogP contribution in [0.3, 0.4) is 0 Å². The number of carbonyl (C=O) groups excluding carboxylic acids is 1. The summed E-state index contributed by atoms with van der Waals surface area (Å²) in [6, 6.07) is 5.61. The number of nitrogens with zero attached hydrogens (tertiary/aromatic N) is 1. The van der Waals surface area contributed by atoms with Gasteiger partial charge in [-0.2, -0.15) is 0 Å². The number of methoxy groups -OCH3 is 1. The Labute approximate surface area is 146 Å². The topological polar surface area (TPSA) is 125 Å². The van der Waals surface area contributed by atoms with Crippen molar-refractivity contribution in [1.82, 2.24) is 10.5 Å². The summed E-state index contributed by atoms with van der Waals surface area (Å²) in [4.78, 5) is 12.2. The van der Waals surface area contributed by atoms with E-state index in [0.29, 0.717) is 11.7 Å². The zero-order chi connectivity index (χ0) is 18.6. The minimum Gasteiger partial charge on any atom is -0.496 e. The predicted octanol–water partition coefficient (Wildman–Crippen LogP) is 1.46. The molecule has 136 valence electrons. The number of carbonyl (C=O) groups is 1. The van der Waals surface area contributed by atoms with Crippen molar-refractivity contribution in [1.29, 1.82) is 0 Å². The largest absolute Gasteiger partial charge is 0.496 e. The van der Waals surface area contributed by atoms with Crippen LogP contribution in [0.4, 0.5) is 0 Å². The highest BCUT2D eigenvalue weighted by molar-refractivity contribution is 7.89. The Morgan fingerprint density at radius 3 is 2.68 bits per heavy atom. The number of rotatable bonds is 7. The van der Waals surface area contributed by atoms with Gasteiger partial charge in [0.05, 0.1) is 29.8 Å². The van der Waals surface area contributed by atoms with Crippen LogP contribution in [0.15, 0.2) is 33.7 Å². The highest BCUT2D eigenvalue weighted by atomic mass is 32.2. The van der Waals surface area contributed by atoms with Gasteiger partial charge in [-0.1, -0.05) is 19.0 Å². The van der Waals surface area contributed by atoms with Crippen molar-refractivity contribution in [2.24, 2.45) is 11.1 Å². The predicted molar refractivity (Wildman–Crippen MR) is 90.6 cm³/mol. The summed E-state index contributed by atoms with van der Waals surface area (Å²) < 4.78 is 33.2. The Balaban J connectivity index is 2.13. The first-order valence-electron chi connectivity index (χ1n) is 7.64. The van der Waals surface area contributed by atoms with Gasteiger partial charge >= 0.3 is 0 Å². The molecule has 0 saturated heterocycles. The van der Waals surface area contributed by atoms with Gasteiger partial charge in [0.25, 0.3) is 5.91 Å². The van der Waals surface area contributed by atoms with Gasteiger partial charge in [0, 0.05) is 6.07 Å². The van der Waals surface area contributed by atoms with Gasteiger partial charge in [-0.25, -0.2) is 13.6 Å². The van der Waals surface area contributed by atoms with E-state index in [-0.39, 0.29) is 22.8 Å². The maximum Gasteiger partial charge on any atom is 0.255 e. The lowest BCUT2D eigenvalue weighted by Crippen LogP contribution is -2.24. The van der Waals surface area contributed by atoms with Crippen LogP contribution in [-0.4, -0.2) is 26.6 Å². The molecule has 0 spiro atoms. The maximum absolute atomic E-state index is 12.4. The normalized spacial score (nSPS) is 11.6. The third-order valence-corrected chi connectivity index (χ3v) is 4.30. The quantitative estimate of drug-likeness (QED) is 0.763. The molecule has 1 amide bonds. The molecule has 1 aromatic carbocycles. The van der Waals surface area contributed by atoms with Crippen molar-refractivity contribution in [3.63, 3.8) is 0 Å². The number of hydrogen-bond donors (Lipinski definition) is 2. The van der Waals surface area contributed by atoms with Crippen LogP contribution in [0.5, 0.6) is 5.75 Å². The SMILES string of the molecule is COc1ccc(S(N)(=O)=O)cc1C(=O)NCc1cc(CC(C)C)no1. The Morgan fingerprint density at radius 1 is 1.36 bits per heavy atom. The monoisotopic (exact) mass is 367 g/mol. The van der Waals surface area contributed by atoms with Gasteiger partial charge in [0.15, 0.2) is 5.76 Å². The third-order valence-electron chi connectivity index (χ3n) is 3.39. The summed E-state index contributed by atoms with van der Waals surface area (Å²) in [6.07, 6.45) is 0.779. The molecular weight excluding hydrogens is 346 g/mol. The van der Waals surface area contributed by atoms with Crippen molar-refractivity contribution >= 4 is 15.9 Å². The summed E-state index contributed by atoms with van der Waals surface area (Å²) in [5, 5.41) is 11.7. The fourth-order valence-corrected chi connectivity index (χ4v) is 2.80. The lowest BCUT2D eigenvalue weighted by atomic mass is 10.1. The van der Waals surface area contributed by atoms with Crippen LogP contribution >= 0.6 is 0 Å². The molecule has 0 atom stereocenters. The van der Waals surface area contributed by atoms with E-state index in [0.717, 1.165) is 12.1 Å². The lowest BCUT2D eigenvalue weighted by molar-refractivity contribution is 0.0943. The molecule has 0 aliphatic rings. The molecule has 0 fully saturated rings. The van der Waals surface area contributed by atoms with E-state index in [9.17, 15) is 13.2 Å². The molecule has 0 aliphatic carbocycles. The second-order valence-electron chi connectivity index (χ2n) is 5.97. The smallest absolute Gasteiger partial charge is 0.255 e. The summed E-state index contributed by atoms with van der Waals surface area (Å²) >= 11 is 0. The molecule has 2 rings (SSSR count). The van der Waals surface area contributed by atoms with Gasteiger partial charge in [-0.3, -0.25) is 4.79 Å². The highest BCUT2D eigenvalue weighted by Crippen LogP contribution is 2.22. The number of ether oxygens (including phenoxy) is 1. The van der Waals surface area contributed by atoms with Gasteiger partial charge in [0.1, 0.15) is 5.75 Å². The molecule has 0 bridgehead atoms. The zero-order valence-electron chi connectivity index (χ0n) is 14.3. The van der Waals surface area contributed by atoms with Crippen molar-refractivity contribution in [3.8, 4) is 5.75 Å². The van der Waals surface area contributed by atoms with Crippen molar-refractivity contribution in [2.75, 3.05) is 7.11 Å². The Kier molecular flexibility index (Phi) is 5.81. The molecule has 1 heterocycles. The van der Waals surface area contributed by atoms with Gasteiger partial charge in [-0.05, 0) is 30.5 Å². The van der Waals surface area contributed by atoms with Gasteiger partial charge in [0.2, 0.25) is 10.0 Å². The van der Waals surface area contributed by atoms with Crippen LogP contribution in [-0.2, 0) is 23.0 Å². The lowest BCUT2D eigenvalue weighted by Gasteiger charge is -2.10. The molecule has 0 unspecified atom stereocenters. The highest BCUT2D eigenvalue weighted by Gasteiger charge is 2.18. The Morgan fingerprint density at radius 2 is 2.08 bits per heavy atom. The molecule has 8 nitrogen and oxygen atoms in total. The number of nitrogens with two attached hydrogens (primary N) is 1. The second kappa shape index (κ2) is 7.66. The minimum absolute atomic E-state index is 0.0657. The first-order chi connectivity index (χ1) is 11.7. The second-order valence-corrected chi connectivity index (χ2v) is 7.53. The van der Waals surface area contributed by atoms with Crippen molar-refractivity contribution in [3.05, 3.63) is 41.3 Å². The molecule has 0 aliphatic heterocycles. The van der Waals surface area contributed by atoms with Gasteiger partial charge in [-0.15, -0.1) is 0 Å². The minimum atomic E-state index is -3.92. The summed E-state index contributed by atoms with van der Waals surface area (Å²) in [7, 11) is -2.54. The van der Waals surface area contributed by atoms with Crippen LogP contribution in [0.2, 0.25) is 0 Å². The number of hydrogen-bond acceptors (Lipinski definition) is 6. The average molecular weight is 367 g/mol. The third kappa shape index (κ3) is 5.04. The molecule has 2 aromatic rings.